The van der Waals surface area contributed by atoms with E-state index in [9.17, 15) is 4.79 Å². The Hall–Kier alpha value is -0.830. The molecule has 0 aromatic heterocycles. The van der Waals surface area contributed by atoms with E-state index >= 15 is 0 Å². The maximum absolute atomic E-state index is 12.0. The smallest absolute Gasteiger partial charge is 0.252 e. The second-order valence-corrected chi connectivity index (χ2v) is 5.72. The van der Waals surface area contributed by atoms with Gasteiger partial charge in [-0.2, -0.15) is 0 Å². The van der Waals surface area contributed by atoms with Crippen LogP contribution in [0, 0.1) is 5.41 Å². The van der Waals surface area contributed by atoms with Crippen molar-refractivity contribution in [1.82, 2.24) is 5.32 Å². The topological polar surface area (TPSA) is 29.1 Å². The highest BCUT2D eigenvalue weighted by molar-refractivity contribution is 9.10. The Morgan fingerprint density at radius 1 is 1.41 bits per heavy atom. The van der Waals surface area contributed by atoms with E-state index in [1.54, 1.807) is 0 Å². The molecule has 17 heavy (non-hydrogen) atoms. The summed E-state index contributed by atoms with van der Waals surface area (Å²) in [7, 11) is 0. The number of carbonyl (C=O) groups excluding carboxylic acids is 1. The SMILES string of the molecule is CCC1(CNC(=O)c2ccccc2Br)CCC1. The van der Waals surface area contributed by atoms with E-state index < -0.39 is 0 Å². The highest BCUT2D eigenvalue weighted by Crippen LogP contribution is 2.43. The molecule has 1 saturated carbocycles. The highest BCUT2D eigenvalue weighted by atomic mass is 79.9. The lowest BCUT2D eigenvalue weighted by atomic mass is 9.67. The maximum atomic E-state index is 12.0. The lowest BCUT2D eigenvalue weighted by Crippen LogP contribution is -2.41. The molecule has 1 N–H and O–H groups in total. The number of nitrogens with one attached hydrogen (secondary N) is 1. The molecule has 1 aliphatic carbocycles. The Bertz CT molecular complexity index is 407. The third-order valence-electron chi connectivity index (χ3n) is 3.91. The van der Waals surface area contributed by atoms with Crippen molar-refractivity contribution in [2.24, 2.45) is 5.41 Å². The summed E-state index contributed by atoms with van der Waals surface area (Å²) in [5.41, 5.74) is 1.09. The van der Waals surface area contributed by atoms with Gasteiger partial charge in [-0.25, -0.2) is 0 Å². The zero-order valence-electron chi connectivity index (χ0n) is 10.1. The van der Waals surface area contributed by atoms with Gasteiger partial charge in [0.1, 0.15) is 0 Å². The van der Waals surface area contributed by atoms with E-state index in [0.717, 1.165) is 23.0 Å². The van der Waals surface area contributed by atoms with E-state index in [1.165, 1.54) is 19.3 Å². The number of hydrogen-bond donors (Lipinski definition) is 1. The Labute approximate surface area is 111 Å². The van der Waals surface area contributed by atoms with Crippen molar-refractivity contribution < 1.29 is 4.79 Å². The highest BCUT2D eigenvalue weighted by Gasteiger charge is 2.35. The Morgan fingerprint density at radius 2 is 2.12 bits per heavy atom. The van der Waals surface area contributed by atoms with Gasteiger partial charge in [-0.05, 0) is 52.7 Å². The van der Waals surface area contributed by atoms with Gasteiger partial charge in [-0.3, -0.25) is 4.79 Å². The van der Waals surface area contributed by atoms with Gasteiger partial charge in [-0.1, -0.05) is 25.5 Å². The van der Waals surface area contributed by atoms with E-state index in [2.05, 4.69) is 28.2 Å². The molecule has 1 aromatic rings. The third kappa shape index (κ3) is 2.71. The van der Waals surface area contributed by atoms with Crippen molar-refractivity contribution in [2.45, 2.75) is 32.6 Å². The molecule has 0 unspecified atom stereocenters. The number of benzene rings is 1. The molecule has 1 aliphatic rings. The number of hydrogen-bond acceptors (Lipinski definition) is 1. The molecular weight excluding hydrogens is 278 g/mol. The molecule has 0 saturated heterocycles. The van der Waals surface area contributed by atoms with Crippen molar-refractivity contribution in [3.63, 3.8) is 0 Å². The van der Waals surface area contributed by atoms with Crippen LogP contribution in [-0.4, -0.2) is 12.5 Å². The first-order valence-electron chi connectivity index (χ1n) is 6.20. The number of carbonyl (C=O) groups is 1. The molecule has 0 spiro atoms. The van der Waals surface area contributed by atoms with Crippen LogP contribution in [0.15, 0.2) is 28.7 Å². The molecule has 2 nitrogen and oxygen atoms in total. The summed E-state index contributed by atoms with van der Waals surface area (Å²) in [6.45, 7) is 3.02. The Morgan fingerprint density at radius 3 is 2.65 bits per heavy atom. The summed E-state index contributed by atoms with van der Waals surface area (Å²) in [5, 5.41) is 3.06. The van der Waals surface area contributed by atoms with Crippen molar-refractivity contribution in [2.75, 3.05) is 6.54 Å². The van der Waals surface area contributed by atoms with Crippen molar-refractivity contribution in [3.05, 3.63) is 34.3 Å². The first-order chi connectivity index (χ1) is 8.17. The van der Waals surface area contributed by atoms with E-state index in [-0.39, 0.29) is 5.91 Å². The summed E-state index contributed by atoms with van der Waals surface area (Å²) in [4.78, 5) is 12.0. The van der Waals surface area contributed by atoms with Gasteiger partial charge in [0.05, 0.1) is 5.56 Å². The van der Waals surface area contributed by atoms with Crippen LogP contribution in [-0.2, 0) is 0 Å². The van der Waals surface area contributed by atoms with Gasteiger partial charge in [-0.15, -0.1) is 0 Å². The average Bonchev–Trinajstić information content (AvgIpc) is 2.28. The lowest BCUT2D eigenvalue weighted by Gasteiger charge is -2.41. The Kier molecular flexibility index (Phi) is 3.87. The zero-order valence-corrected chi connectivity index (χ0v) is 11.7. The molecule has 0 heterocycles. The van der Waals surface area contributed by atoms with E-state index in [0.29, 0.717) is 5.41 Å². The van der Waals surface area contributed by atoms with Crippen LogP contribution in [0.3, 0.4) is 0 Å². The summed E-state index contributed by atoms with van der Waals surface area (Å²) in [6, 6.07) is 7.55. The Balaban J connectivity index is 1.96. The van der Waals surface area contributed by atoms with Crippen LogP contribution in [0.2, 0.25) is 0 Å². The molecular formula is C14H18BrNO. The average molecular weight is 296 g/mol. The molecule has 1 fully saturated rings. The maximum Gasteiger partial charge on any atom is 0.252 e. The fourth-order valence-corrected chi connectivity index (χ4v) is 2.81. The molecule has 92 valence electrons. The van der Waals surface area contributed by atoms with Gasteiger partial charge in [0.25, 0.3) is 5.91 Å². The van der Waals surface area contributed by atoms with Crippen LogP contribution in [0.25, 0.3) is 0 Å². The lowest BCUT2D eigenvalue weighted by molar-refractivity contribution is 0.0849. The van der Waals surface area contributed by atoms with Gasteiger partial charge in [0.15, 0.2) is 0 Å². The third-order valence-corrected chi connectivity index (χ3v) is 4.60. The monoisotopic (exact) mass is 295 g/mol. The first kappa shape index (κ1) is 12.6. The molecule has 3 heteroatoms. The summed E-state index contributed by atoms with van der Waals surface area (Å²) >= 11 is 3.40. The zero-order chi connectivity index (χ0) is 12.3. The molecule has 1 amide bonds. The standard InChI is InChI=1S/C14H18BrNO/c1-2-14(8-5-9-14)10-16-13(17)11-6-3-4-7-12(11)15/h3-4,6-7H,2,5,8-10H2,1H3,(H,16,17). The summed E-state index contributed by atoms with van der Waals surface area (Å²) in [5.74, 6) is 0.0252. The minimum Gasteiger partial charge on any atom is -0.351 e. The number of halogens is 1. The van der Waals surface area contributed by atoms with Crippen LogP contribution >= 0.6 is 15.9 Å². The second-order valence-electron chi connectivity index (χ2n) is 4.87. The normalized spacial score (nSPS) is 17.3. The fraction of sp³-hybridized carbons (Fsp3) is 0.500. The van der Waals surface area contributed by atoms with Crippen LogP contribution in [0.4, 0.5) is 0 Å². The molecule has 0 atom stereocenters. The summed E-state index contributed by atoms with van der Waals surface area (Å²) in [6.07, 6.45) is 4.96. The predicted molar refractivity (Wildman–Crippen MR) is 73.1 cm³/mol. The first-order valence-corrected chi connectivity index (χ1v) is 6.99. The fourth-order valence-electron chi connectivity index (χ4n) is 2.34. The van der Waals surface area contributed by atoms with Gasteiger partial charge < -0.3 is 5.32 Å². The molecule has 0 radical (unpaired) electrons. The van der Waals surface area contributed by atoms with Crippen molar-refractivity contribution >= 4 is 21.8 Å². The molecule has 2 rings (SSSR count). The van der Waals surface area contributed by atoms with E-state index in [4.69, 9.17) is 0 Å². The van der Waals surface area contributed by atoms with Crippen LogP contribution < -0.4 is 5.32 Å². The number of rotatable bonds is 4. The second kappa shape index (κ2) is 5.21. The van der Waals surface area contributed by atoms with Crippen molar-refractivity contribution in [3.8, 4) is 0 Å². The largest absolute Gasteiger partial charge is 0.351 e. The minimum atomic E-state index is 0.0252. The number of amides is 1. The molecule has 0 aliphatic heterocycles. The van der Waals surface area contributed by atoms with E-state index in [1.807, 2.05) is 24.3 Å². The van der Waals surface area contributed by atoms with Gasteiger partial charge in [0.2, 0.25) is 0 Å². The van der Waals surface area contributed by atoms with Gasteiger partial charge >= 0.3 is 0 Å². The van der Waals surface area contributed by atoms with Crippen LogP contribution in [0.5, 0.6) is 0 Å². The predicted octanol–water partition coefficient (Wildman–Crippen LogP) is 3.76. The molecule has 1 aromatic carbocycles. The minimum absolute atomic E-state index is 0.0252. The summed E-state index contributed by atoms with van der Waals surface area (Å²) < 4.78 is 0.858. The quantitative estimate of drug-likeness (QED) is 0.900. The molecule has 0 bridgehead atoms. The van der Waals surface area contributed by atoms with Gasteiger partial charge in [0, 0.05) is 11.0 Å². The van der Waals surface area contributed by atoms with Crippen LogP contribution in [0.1, 0.15) is 43.0 Å². The van der Waals surface area contributed by atoms with Crippen molar-refractivity contribution in [1.29, 1.82) is 0 Å².